The minimum atomic E-state index is -0.138. The fraction of sp³-hybridized carbons (Fsp3) is 0.318. The van der Waals surface area contributed by atoms with E-state index in [2.05, 4.69) is 9.88 Å². The van der Waals surface area contributed by atoms with E-state index in [1.807, 2.05) is 49.4 Å². The Labute approximate surface area is 169 Å². The molecular weight excluding hydrogens is 368 g/mol. The molecule has 7 heteroatoms. The largest absolute Gasteiger partial charge is 0.488 e. The standard InChI is InChI=1S/C22H24N4O3/c1-16(29-18-6-4-3-5-7-18)20-15-26(12-13-28-20)22-24-19(14-21(27)25(22)2)17-8-10-23-11-9-17/h3-11,14,16,20H,12-13,15H2,1-2H3. The lowest BCUT2D eigenvalue weighted by atomic mass is 10.1. The summed E-state index contributed by atoms with van der Waals surface area (Å²) in [5, 5.41) is 0. The first kappa shape index (κ1) is 19.1. The molecule has 1 fully saturated rings. The Morgan fingerprint density at radius 3 is 2.69 bits per heavy atom. The normalized spacial score (nSPS) is 17.7. The van der Waals surface area contributed by atoms with Crippen molar-refractivity contribution in [3.63, 3.8) is 0 Å². The van der Waals surface area contributed by atoms with E-state index in [-0.39, 0.29) is 17.8 Å². The summed E-state index contributed by atoms with van der Waals surface area (Å²) in [7, 11) is 1.75. The second kappa shape index (κ2) is 8.45. The summed E-state index contributed by atoms with van der Waals surface area (Å²) in [5.74, 6) is 1.44. The molecule has 3 aromatic rings. The molecule has 1 saturated heterocycles. The van der Waals surface area contributed by atoms with Crippen molar-refractivity contribution in [2.75, 3.05) is 24.6 Å². The Balaban J connectivity index is 1.56. The number of anilines is 1. The van der Waals surface area contributed by atoms with Crippen molar-refractivity contribution >= 4 is 5.95 Å². The van der Waals surface area contributed by atoms with Gasteiger partial charge in [0.05, 0.1) is 18.8 Å². The first-order valence-corrected chi connectivity index (χ1v) is 9.68. The van der Waals surface area contributed by atoms with Crippen molar-refractivity contribution in [3.05, 3.63) is 71.3 Å². The zero-order chi connectivity index (χ0) is 20.2. The number of nitrogens with zero attached hydrogens (tertiary/aromatic N) is 4. The van der Waals surface area contributed by atoms with Crippen LogP contribution in [0.25, 0.3) is 11.3 Å². The molecule has 3 heterocycles. The minimum absolute atomic E-state index is 0.0987. The summed E-state index contributed by atoms with van der Waals surface area (Å²) in [6, 6.07) is 15.0. The van der Waals surface area contributed by atoms with E-state index in [0.717, 1.165) is 11.3 Å². The first-order chi connectivity index (χ1) is 14.1. The molecule has 4 rings (SSSR count). The molecule has 2 aromatic heterocycles. The number of hydrogen-bond donors (Lipinski definition) is 0. The van der Waals surface area contributed by atoms with Gasteiger partial charge in [-0.1, -0.05) is 18.2 Å². The van der Waals surface area contributed by atoms with E-state index < -0.39 is 0 Å². The Morgan fingerprint density at radius 2 is 1.93 bits per heavy atom. The average molecular weight is 392 g/mol. The summed E-state index contributed by atoms with van der Waals surface area (Å²) in [6.07, 6.45) is 3.12. The van der Waals surface area contributed by atoms with Gasteiger partial charge in [0.25, 0.3) is 5.56 Å². The van der Waals surface area contributed by atoms with E-state index in [9.17, 15) is 4.79 Å². The topological polar surface area (TPSA) is 69.5 Å². The highest BCUT2D eigenvalue weighted by atomic mass is 16.5. The Hall–Kier alpha value is -3.19. The molecule has 2 unspecified atom stereocenters. The Kier molecular flexibility index (Phi) is 5.57. The fourth-order valence-electron chi connectivity index (χ4n) is 3.41. The lowest BCUT2D eigenvalue weighted by molar-refractivity contribution is -0.0269. The maximum absolute atomic E-state index is 12.6. The van der Waals surface area contributed by atoms with Crippen LogP contribution in [0, 0.1) is 0 Å². The molecule has 0 radical (unpaired) electrons. The van der Waals surface area contributed by atoms with Gasteiger partial charge in [-0.2, -0.15) is 0 Å². The van der Waals surface area contributed by atoms with Crippen molar-refractivity contribution in [2.24, 2.45) is 7.05 Å². The van der Waals surface area contributed by atoms with Gasteiger partial charge in [0.15, 0.2) is 0 Å². The van der Waals surface area contributed by atoms with Gasteiger partial charge in [0.1, 0.15) is 18.0 Å². The summed E-state index contributed by atoms with van der Waals surface area (Å²) in [6.45, 7) is 3.80. The van der Waals surface area contributed by atoms with Crippen molar-refractivity contribution < 1.29 is 9.47 Å². The van der Waals surface area contributed by atoms with Crippen molar-refractivity contribution in [1.82, 2.24) is 14.5 Å². The fourth-order valence-corrected chi connectivity index (χ4v) is 3.41. The van der Waals surface area contributed by atoms with Crippen LogP contribution in [0.5, 0.6) is 5.75 Å². The van der Waals surface area contributed by atoms with Gasteiger partial charge in [0.2, 0.25) is 5.95 Å². The molecule has 1 aliphatic rings. The number of morpholine rings is 1. The lowest BCUT2D eigenvalue weighted by Gasteiger charge is -2.36. The highest BCUT2D eigenvalue weighted by molar-refractivity contribution is 5.59. The molecule has 7 nitrogen and oxygen atoms in total. The predicted octanol–water partition coefficient (Wildman–Crippen LogP) is 2.52. The third-order valence-electron chi connectivity index (χ3n) is 5.05. The lowest BCUT2D eigenvalue weighted by Crippen LogP contribution is -2.50. The van der Waals surface area contributed by atoms with Crippen LogP contribution >= 0.6 is 0 Å². The number of rotatable bonds is 5. The highest BCUT2D eigenvalue weighted by Crippen LogP contribution is 2.22. The first-order valence-electron chi connectivity index (χ1n) is 9.68. The van der Waals surface area contributed by atoms with Crippen molar-refractivity contribution in [1.29, 1.82) is 0 Å². The van der Waals surface area contributed by atoms with Crippen LogP contribution < -0.4 is 15.2 Å². The van der Waals surface area contributed by atoms with Crippen molar-refractivity contribution in [2.45, 2.75) is 19.1 Å². The van der Waals surface area contributed by atoms with Crippen LogP contribution in [0.4, 0.5) is 5.95 Å². The number of aromatic nitrogens is 3. The van der Waals surface area contributed by atoms with E-state index in [1.54, 1.807) is 30.1 Å². The van der Waals surface area contributed by atoms with Gasteiger partial charge >= 0.3 is 0 Å². The smallest absolute Gasteiger partial charge is 0.255 e. The summed E-state index contributed by atoms with van der Waals surface area (Å²) >= 11 is 0. The van der Waals surface area contributed by atoms with Gasteiger partial charge in [0, 0.05) is 37.6 Å². The number of ether oxygens (including phenoxy) is 2. The molecule has 0 amide bonds. The van der Waals surface area contributed by atoms with Gasteiger partial charge in [-0.25, -0.2) is 4.98 Å². The summed E-state index contributed by atoms with van der Waals surface area (Å²) in [5.41, 5.74) is 1.41. The van der Waals surface area contributed by atoms with Crippen LogP contribution in [0.2, 0.25) is 0 Å². The van der Waals surface area contributed by atoms with Crippen LogP contribution in [0.15, 0.2) is 65.7 Å². The zero-order valence-electron chi connectivity index (χ0n) is 16.6. The van der Waals surface area contributed by atoms with Gasteiger partial charge in [-0.05, 0) is 31.2 Å². The number of para-hydroxylation sites is 1. The predicted molar refractivity (Wildman–Crippen MR) is 111 cm³/mol. The van der Waals surface area contributed by atoms with Crippen LogP contribution in [-0.2, 0) is 11.8 Å². The molecule has 150 valence electrons. The average Bonchev–Trinajstić information content (AvgIpc) is 2.77. The van der Waals surface area contributed by atoms with E-state index in [4.69, 9.17) is 14.5 Å². The van der Waals surface area contributed by atoms with E-state index >= 15 is 0 Å². The zero-order valence-corrected chi connectivity index (χ0v) is 16.6. The molecule has 0 aliphatic carbocycles. The van der Waals surface area contributed by atoms with Gasteiger partial charge < -0.3 is 14.4 Å². The maximum atomic E-state index is 12.6. The summed E-state index contributed by atoms with van der Waals surface area (Å²) in [4.78, 5) is 23.5. The molecule has 1 aliphatic heterocycles. The highest BCUT2D eigenvalue weighted by Gasteiger charge is 2.29. The quantitative estimate of drug-likeness (QED) is 0.665. The number of pyridine rings is 1. The van der Waals surface area contributed by atoms with Crippen LogP contribution in [-0.4, -0.2) is 46.4 Å². The van der Waals surface area contributed by atoms with Gasteiger partial charge in [-0.3, -0.25) is 14.3 Å². The molecule has 1 aromatic carbocycles. The second-order valence-corrected chi connectivity index (χ2v) is 7.07. The third kappa shape index (κ3) is 4.30. The molecule has 2 atom stereocenters. The third-order valence-corrected chi connectivity index (χ3v) is 5.05. The van der Waals surface area contributed by atoms with Crippen molar-refractivity contribution in [3.8, 4) is 17.0 Å². The minimum Gasteiger partial charge on any atom is -0.488 e. The number of benzene rings is 1. The molecule has 29 heavy (non-hydrogen) atoms. The maximum Gasteiger partial charge on any atom is 0.255 e. The van der Waals surface area contributed by atoms with Crippen LogP contribution in [0.1, 0.15) is 6.92 Å². The number of hydrogen-bond acceptors (Lipinski definition) is 6. The van der Waals surface area contributed by atoms with E-state index in [1.165, 1.54) is 0 Å². The Bertz CT molecular complexity index is 1010. The molecule has 0 bridgehead atoms. The molecular formula is C22H24N4O3. The van der Waals surface area contributed by atoms with Gasteiger partial charge in [-0.15, -0.1) is 0 Å². The molecule has 0 spiro atoms. The second-order valence-electron chi connectivity index (χ2n) is 7.07. The Morgan fingerprint density at radius 1 is 1.17 bits per heavy atom. The van der Waals surface area contributed by atoms with Crippen LogP contribution in [0.3, 0.4) is 0 Å². The van der Waals surface area contributed by atoms with E-state index in [0.29, 0.717) is 31.3 Å². The SMILES string of the molecule is CC(Oc1ccccc1)C1CN(c2nc(-c3ccncc3)cc(=O)n2C)CCO1. The summed E-state index contributed by atoms with van der Waals surface area (Å²) < 4.78 is 13.6. The monoisotopic (exact) mass is 392 g/mol. The molecule has 0 saturated carbocycles. The molecule has 0 N–H and O–H groups in total.